The van der Waals surface area contributed by atoms with Crippen LogP contribution in [0.5, 0.6) is 0 Å². The van der Waals surface area contributed by atoms with Gasteiger partial charge in [-0.25, -0.2) is 13.1 Å². The minimum atomic E-state index is -4.42. The summed E-state index contributed by atoms with van der Waals surface area (Å²) in [6, 6.07) is 10.7. The Kier molecular flexibility index (Phi) is 5.33. The molecule has 0 unspecified atom stereocenters. The fourth-order valence-electron chi connectivity index (χ4n) is 1.97. The lowest BCUT2D eigenvalue weighted by molar-refractivity contribution is -0.137. The highest BCUT2D eigenvalue weighted by Crippen LogP contribution is 2.29. The molecule has 0 aliphatic carbocycles. The maximum absolute atomic E-state index is 12.6. The number of nitrogens with one attached hydrogen (secondary N) is 1. The average molecular weight is 364 g/mol. The largest absolute Gasteiger partial charge is 0.416 e. The van der Waals surface area contributed by atoms with Crippen LogP contribution in [0.15, 0.2) is 53.4 Å². The number of hydrogen-bond donors (Lipinski definition) is 1. The zero-order valence-corrected chi connectivity index (χ0v) is 13.3. The van der Waals surface area contributed by atoms with E-state index in [1.54, 1.807) is 6.07 Å². The molecule has 0 saturated heterocycles. The third kappa shape index (κ3) is 4.70. The summed E-state index contributed by atoms with van der Waals surface area (Å²) >= 11 is 5.83. The lowest BCUT2D eigenvalue weighted by Crippen LogP contribution is -2.26. The molecule has 2 rings (SSSR count). The molecule has 0 radical (unpaired) electrons. The molecule has 23 heavy (non-hydrogen) atoms. The highest BCUT2D eigenvalue weighted by Gasteiger charge is 2.30. The van der Waals surface area contributed by atoms with Gasteiger partial charge in [0.25, 0.3) is 0 Å². The quantitative estimate of drug-likeness (QED) is 0.876. The topological polar surface area (TPSA) is 46.2 Å². The molecule has 0 aliphatic rings. The molecular weight excluding hydrogens is 351 g/mol. The summed E-state index contributed by atoms with van der Waals surface area (Å²) in [4.78, 5) is -0.0642. The van der Waals surface area contributed by atoms with Crippen molar-refractivity contribution in [2.24, 2.45) is 0 Å². The molecule has 0 atom stereocenters. The van der Waals surface area contributed by atoms with Gasteiger partial charge in [-0.3, -0.25) is 0 Å². The summed E-state index contributed by atoms with van der Waals surface area (Å²) in [5, 5.41) is 0.0825. The van der Waals surface area contributed by atoms with Crippen LogP contribution in [0.4, 0.5) is 13.2 Å². The highest BCUT2D eigenvalue weighted by atomic mass is 35.5. The van der Waals surface area contributed by atoms with Crippen LogP contribution < -0.4 is 4.72 Å². The van der Waals surface area contributed by atoms with Crippen LogP contribution in [0.3, 0.4) is 0 Å². The Hall–Kier alpha value is -1.57. The van der Waals surface area contributed by atoms with Gasteiger partial charge in [0, 0.05) is 6.54 Å². The lowest BCUT2D eigenvalue weighted by Gasteiger charge is -2.10. The number of benzene rings is 2. The van der Waals surface area contributed by atoms with E-state index in [-0.39, 0.29) is 22.9 Å². The maximum Gasteiger partial charge on any atom is 0.416 e. The van der Waals surface area contributed by atoms with Gasteiger partial charge >= 0.3 is 6.18 Å². The van der Waals surface area contributed by atoms with E-state index in [4.69, 9.17) is 11.6 Å². The zero-order chi connectivity index (χ0) is 17.1. The Morgan fingerprint density at radius 1 is 1.04 bits per heavy atom. The summed E-state index contributed by atoms with van der Waals surface area (Å²) < 4.78 is 64.4. The van der Waals surface area contributed by atoms with Gasteiger partial charge < -0.3 is 0 Å². The second kappa shape index (κ2) is 6.90. The molecule has 3 nitrogen and oxygen atoms in total. The van der Waals surface area contributed by atoms with Crippen molar-refractivity contribution in [3.05, 3.63) is 64.7 Å². The molecule has 124 valence electrons. The smallest absolute Gasteiger partial charge is 0.211 e. The van der Waals surface area contributed by atoms with Crippen LogP contribution in [-0.4, -0.2) is 15.0 Å². The number of alkyl halides is 3. The molecule has 0 aromatic heterocycles. The Labute approximate surface area is 137 Å². The summed E-state index contributed by atoms with van der Waals surface area (Å²) in [6.07, 6.45) is -4.29. The van der Waals surface area contributed by atoms with Crippen molar-refractivity contribution in [2.75, 3.05) is 6.54 Å². The molecule has 2 aromatic rings. The number of halogens is 4. The fourth-order valence-corrected chi connectivity index (χ4v) is 3.52. The van der Waals surface area contributed by atoms with E-state index < -0.39 is 21.8 Å². The predicted molar refractivity (Wildman–Crippen MR) is 81.8 cm³/mol. The zero-order valence-electron chi connectivity index (χ0n) is 11.8. The normalized spacial score (nSPS) is 12.3. The summed E-state index contributed by atoms with van der Waals surface area (Å²) in [6.45, 7) is -0.0329. The fraction of sp³-hybridized carbons (Fsp3) is 0.200. The van der Waals surface area contributed by atoms with Crippen molar-refractivity contribution >= 4 is 21.6 Å². The van der Waals surface area contributed by atoms with Crippen molar-refractivity contribution < 1.29 is 21.6 Å². The van der Waals surface area contributed by atoms with Crippen molar-refractivity contribution in [1.82, 2.24) is 4.72 Å². The van der Waals surface area contributed by atoms with Crippen molar-refractivity contribution in [1.29, 1.82) is 0 Å². The Morgan fingerprint density at radius 3 is 2.39 bits per heavy atom. The number of rotatable bonds is 5. The molecule has 0 aliphatic heterocycles. The SMILES string of the molecule is O=S(=O)(NCCc1cccc(C(F)(F)F)c1)c1ccccc1Cl. The first kappa shape index (κ1) is 17.8. The van der Waals surface area contributed by atoms with E-state index in [9.17, 15) is 21.6 Å². The Bertz CT molecular complexity index is 791. The molecule has 0 fully saturated rings. The minimum Gasteiger partial charge on any atom is -0.211 e. The van der Waals surface area contributed by atoms with Crippen LogP contribution in [-0.2, 0) is 22.6 Å². The van der Waals surface area contributed by atoms with Crippen LogP contribution in [0, 0.1) is 0 Å². The second-order valence-corrected chi connectivity index (χ2v) is 6.92. The van der Waals surface area contributed by atoms with Crippen LogP contribution in [0.2, 0.25) is 5.02 Å². The van der Waals surface area contributed by atoms with E-state index in [1.165, 1.54) is 30.3 Å². The lowest BCUT2D eigenvalue weighted by atomic mass is 10.1. The third-order valence-corrected chi connectivity index (χ3v) is 5.05. The first-order chi connectivity index (χ1) is 10.7. The molecule has 8 heteroatoms. The number of sulfonamides is 1. The maximum atomic E-state index is 12.6. The van der Waals surface area contributed by atoms with Gasteiger partial charge in [-0.15, -0.1) is 0 Å². The average Bonchev–Trinajstić information content (AvgIpc) is 2.47. The number of hydrogen-bond acceptors (Lipinski definition) is 2. The molecule has 2 aromatic carbocycles. The van der Waals surface area contributed by atoms with Crippen molar-refractivity contribution in [3.8, 4) is 0 Å². The predicted octanol–water partition coefficient (Wildman–Crippen LogP) is 3.88. The van der Waals surface area contributed by atoms with Gasteiger partial charge in [-0.2, -0.15) is 13.2 Å². The summed E-state index contributed by atoms with van der Waals surface area (Å²) in [5.74, 6) is 0. The minimum absolute atomic E-state index is 0.0329. The van der Waals surface area contributed by atoms with Crippen molar-refractivity contribution in [2.45, 2.75) is 17.5 Å². The molecular formula is C15H13ClF3NO2S. The molecule has 1 N–H and O–H groups in total. The van der Waals surface area contributed by atoms with E-state index in [2.05, 4.69) is 4.72 Å². The van der Waals surface area contributed by atoms with E-state index in [0.717, 1.165) is 12.1 Å². The van der Waals surface area contributed by atoms with E-state index >= 15 is 0 Å². The first-order valence-electron chi connectivity index (χ1n) is 6.60. The van der Waals surface area contributed by atoms with Gasteiger partial charge in [0.15, 0.2) is 0 Å². The van der Waals surface area contributed by atoms with Crippen LogP contribution in [0.1, 0.15) is 11.1 Å². The van der Waals surface area contributed by atoms with E-state index in [0.29, 0.717) is 5.56 Å². The molecule has 0 heterocycles. The third-order valence-electron chi connectivity index (χ3n) is 3.09. The highest BCUT2D eigenvalue weighted by molar-refractivity contribution is 7.89. The molecule has 0 bridgehead atoms. The van der Waals surface area contributed by atoms with Gasteiger partial charge in [-0.1, -0.05) is 41.9 Å². The molecule has 0 spiro atoms. The Balaban J connectivity index is 2.04. The summed E-state index contributed by atoms with van der Waals surface area (Å²) in [7, 11) is -3.80. The van der Waals surface area contributed by atoms with Gasteiger partial charge in [0.1, 0.15) is 4.90 Å². The first-order valence-corrected chi connectivity index (χ1v) is 8.46. The Morgan fingerprint density at radius 2 is 1.74 bits per heavy atom. The van der Waals surface area contributed by atoms with E-state index in [1.807, 2.05) is 0 Å². The summed E-state index contributed by atoms with van der Waals surface area (Å²) in [5.41, 5.74) is -0.370. The van der Waals surface area contributed by atoms with Gasteiger partial charge in [-0.05, 0) is 30.2 Å². The van der Waals surface area contributed by atoms with Crippen molar-refractivity contribution in [3.63, 3.8) is 0 Å². The molecule has 0 saturated carbocycles. The van der Waals surface area contributed by atoms with Crippen LogP contribution in [0.25, 0.3) is 0 Å². The van der Waals surface area contributed by atoms with Gasteiger partial charge in [0.05, 0.1) is 10.6 Å². The molecule has 0 amide bonds. The van der Waals surface area contributed by atoms with Gasteiger partial charge in [0.2, 0.25) is 10.0 Å². The standard InChI is InChI=1S/C15H13ClF3NO2S/c16-13-6-1-2-7-14(13)23(21,22)20-9-8-11-4-3-5-12(10-11)15(17,18)19/h1-7,10,20H,8-9H2. The van der Waals surface area contributed by atoms with Crippen LogP contribution >= 0.6 is 11.6 Å². The second-order valence-electron chi connectivity index (χ2n) is 4.78. The monoisotopic (exact) mass is 363 g/mol.